The minimum Gasteiger partial charge on any atom is -0.465 e. The Morgan fingerprint density at radius 3 is 2.88 bits per heavy atom. The molecule has 1 heterocycles. The number of hydrogen-bond acceptors (Lipinski definition) is 9. The fourth-order valence-corrected chi connectivity index (χ4v) is 3.24. The minimum atomic E-state index is -0.490. The first-order chi connectivity index (χ1) is 12.4. The number of anilines is 1. The van der Waals surface area contributed by atoms with Crippen LogP contribution < -0.4 is 5.32 Å². The number of non-ortho nitro benzene ring substituents is 1. The molecule has 0 aliphatic rings. The number of carbonyl (C=O) groups excluding carboxylic acids is 2. The van der Waals surface area contributed by atoms with Crippen LogP contribution in [0.2, 0.25) is 0 Å². The minimum absolute atomic E-state index is 0.0488. The predicted molar refractivity (Wildman–Crippen MR) is 99.2 cm³/mol. The lowest BCUT2D eigenvalue weighted by atomic mass is 10.2. The van der Waals surface area contributed by atoms with E-state index < -0.39 is 10.2 Å². The highest BCUT2D eigenvalue weighted by Gasteiger charge is 2.18. The molecule has 0 aliphatic heterocycles. The number of aromatic nitrogens is 2. The van der Waals surface area contributed by atoms with Gasteiger partial charge in [0.2, 0.25) is 11.0 Å². The zero-order chi connectivity index (χ0) is 19.1. The van der Waals surface area contributed by atoms with Gasteiger partial charge in [0.25, 0.3) is 5.69 Å². The summed E-state index contributed by atoms with van der Waals surface area (Å²) in [5.41, 5.74) is 0.495. The van der Waals surface area contributed by atoms with Gasteiger partial charge in [0.1, 0.15) is 5.01 Å². The molecule has 1 aromatic heterocycles. The first kappa shape index (κ1) is 19.8. The lowest BCUT2D eigenvalue weighted by molar-refractivity contribution is -0.384. The molecular formula is C15H16N4O5S2. The van der Waals surface area contributed by atoms with Gasteiger partial charge in [0, 0.05) is 17.7 Å². The fourth-order valence-electron chi connectivity index (χ4n) is 1.82. The van der Waals surface area contributed by atoms with Gasteiger partial charge in [-0.05, 0) is 13.8 Å². The number of benzene rings is 1. The molecule has 1 atom stereocenters. The summed E-state index contributed by atoms with van der Waals surface area (Å²) in [6.45, 7) is 3.68. The first-order valence-electron chi connectivity index (χ1n) is 7.57. The molecule has 1 amide bonds. The maximum absolute atomic E-state index is 12.1. The molecule has 1 aromatic carbocycles. The third kappa shape index (κ3) is 5.49. The van der Waals surface area contributed by atoms with Crippen LogP contribution in [-0.2, 0) is 14.3 Å². The molecular weight excluding hydrogens is 380 g/mol. The standard InChI is InChI=1S/C15H16N4O5S2/c1-3-24-12(20)8-25-9(2)13(21)16-15-18-17-14(26-15)10-5-4-6-11(7-10)19(22)23/h4-7,9H,3,8H2,1-2H3,(H,16,18,21). The maximum atomic E-state index is 12.1. The SMILES string of the molecule is CCOC(=O)CSC(C)C(=O)Nc1nnc(-c2cccc([N+](=O)[O-])c2)s1. The summed E-state index contributed by atoms with van der Waals surface area (Å²) in [5, 5.41) is 21.5. The Balaban J connectivity index is 1.97. The van der Waals surface area contributed by atoms with E-state index in [0.29, 0.717) is 17.2 Å². The number of hydrogen-bond donors (Lipinski definition) is 1. The Hall–Kier alpha value is -2.53. The Labute approximate surface area is 157 Å². The highest BCUT2D eigenvalue weighted by Crippen LogP contribution is 2.29. The molecule has 26 heavy (non-hydrogen) atoms. The molecule has 0 fully saturated rings. The third-order valence-electron chi connectivity index (χ3n) is 3.08. The summed E-state index contributed by atoms with van der Waals surface area (Å²) in [4.78, 5) is 33.8. The van der Waals surface area contributed by atoms with Crippen molar-refractivity contribution in [3.8, 4) is 10.6 Å². The number of rotatable bonds is 8. The quantitative estimate of drug-likeness (QED) is 0.410. The van der Waals surface area contributed by atoms with Crippen LogP contribution >= 0.6 is 23.1 Å². The fraction of sp³-hybridized carbons (Fsp3) is 0.333. The van der Waals surface area contributed by atoms with Crippen LogP contribution in [0.4, 0.5) is 10.8 Å². The number of amides is 1. The summed E-state index contributed by atoms with van der Waals surface area (Å²) in [6, 6.07) is 6.01. The van der Waals surface area contributed by atoms with Crippen molar-refractivity contribution in [2.24, 2.45) is 0 Å². The zero-order valence-electron chi connectivity index (χ0n) is 14.0. The Morgan fingerprint density at radius 2 is 2.19 bits per heavy atom. The summed E-state index contributed by atoms with van der Waals surface area (Å²) < 4.78 is 4.81. The van der Waals surface area contributed by atoms with Gasteiger partial charge in [-0.15, -0.1) is 22.0 Å². The molecule has 0 spiro atoms. The van der Waals surface area contributed by atoms with Crippen LogP contribution in [0.5, 0.6) is 0 Å². The van der Waals surface area contributed by atoms with Crippen LogP contribution in [-0.4, -0.2) is 44.6 Å². The van der Waals surface area contributed by atoms with Crippen molar-refractivity contribution in [3.63, 3.8) is 0 Å². The largest absolute Gasteiger partial charge is 0.465 e. The summed E-state index contributed by atoms with van der Waals surface area (Å²) in [6.07, 6.45) is 0. The highest BCUT2D eigenvalue weighted by molar-refractivity contribution is 8.01. The van der Waals surface area contributed by atoms with Crippen molar-refractivity contribution in [1.29, 1.82) is 0 Å². The number of nitrogens with one attached hydrogen (secondary N) is 1. The second-order valence-corrected chi connectivity index (χ2v) is 7.27. The van der Waals surface area contributed by atoms with E-state index in [0.717, 1.165) is 23.1 Å². The van der Waals surface area contributed by atoms with E-state index in [9.17, 15) is 19.7 Å². The molecule has 0 saturated carbocycles. The molecule has 11 heteroatoms. The third-order valence-corrected chi connectivity index (χ3v) is 5.09. The van der Waals surface area contributed by atoms with E-state index in [1.807, 2.05) is 0 Å². The molecule has 9 nitrogen and oxygen atoms in total. The number of thioether (sulfide) groups is 1. The summed E-state index contributed by atoms with van der Waals surface area (Å²) in [7, 11) is 0. The lowest BCUT2D eigenvalue weighted by Gasteiger charge is -2.09. The number of nitrogens with zero attached hydrogens (tertiary/aromatic N) is 3. The van der Waals surface area contributed by atoms with Crippen LogP contribution in [0.3, 0.4) is 0 Å². The number of esters is 1. The Kier molecular flexibility index (Phi) is 7.04. The molecule has 2 aromatic rings. The number of ether oxygens (including phenoxy) is 1. The van der Waals surface area contributed by atoms with Crippen molar-refractivity contribution in [1.82, 2.24) is 10.2 Å². The van der Waals surface area contributed by atoms with Crippen molar-refractivity contribution in [3.05, 3.63) is 34.4 Å². The molecule has 1 unspecified atom stereocenters. The van der Waals surface area contributed by atoms with Crippen molar-refractivity contribution in [2.45, 2.75) is 19.1 Å². The van der Waals surface area contributed by atoms with Gasteiger partial charge in [-0.1, -0.05) is 23.5 Å². The zero-order valence-corrected chi connectivity index (χ0v) is 15.6. The summed E-state index contributed by atoms with van der Waals surface area (Å²) >= 11 is 2.26. The number of carbonyl (C=O) groups is 2. The van der Waals surface area contributed by atoms with E-state index in [4.69, 9.17) is 4.74 Å². The van der Waals surface area contributed by atoms with E-state index in [1.165, 1.54) is 12.1 Å². The van der Waals surface area contributed by atoms with Crippen LogP contribution in [0.1, 0.15) is 13.8 Å². The van der Waals surface area contributed by atoms with E-state index >= 15 is 0 Å². The smallest absolute Gasteiger partial charge is 0.315 e. The van der Waals surface area contributed by atoms with Crippen molar-refractivity contribution in [2.75, 3.05) is 17.7 Å². The number of nitro groups is 1. The summed E-state index contributed by atoms with van der Waals surface area (Å²) in [5.74, 6) is -0.612. The van der Waals surface area contributed by atoms with Gasteiger partial charge in [-0.25, -0.2) is 0 Å². The van der Waals surface area contributed by atoms with Crippen molar-refractivity contribution >= 4 is 45.8 Å². The first-order valence-corrected chi connectivity index (χ1v) is 9.43. The maximum Gasteiger partial charge on any atom is 0.315 e. The normalized spacial score (nSPS) is 11.6. The van der Waals surface area contributed by atoms with E-state index in [2.05, 4.69) is 15.5 Å². The van der Waals surface area contributed by atoms with Gasteiger partial charge in [0.05, 0.1) is 22.5 Å². The molecule has 0 bridgehead atoms. The van der Waals surface area contributed by atoms with Gasteiger partial charge in [-0.2, -0.15) is 0 Å². The van der Waals surface area contributed by atoms with Crippen LogP contribution in [0.25, 0.3) is 10.6 Å². The lowest BCUT2D eigenvalue weighted by Crippen LogP contribution is -2.24. The average Bonchev–Trinajstić information content (AvgIpc) is 3.08. The Morgan fingerprint density at radius 1 is 1.42 bits per heavy atom. The van der Waals surface area contributed by atoms with Crippen LogP contribution in [0.15, 0.2) is 24.3 Å². The van der Waals surface area contributed by atoms with Gasteiger partial charge < -0.3 is 4.74 Å². The molecule has 2 rings (SSSR count). The van der Waals surface area contributed by atoms with Crippen LogP contribution in [0, 0.1) is 10.1 Å². The molecule has 0 aliphatic carbocycles. The average molecular weight is 396 g/mol. The topological polar surface area (TPSA) is 124 Å². The number of nitro benzene ring substituents is 1. The van der Waals surface area contributed by atoms with Gasteiger partial charge in [0.15, 0.2) is 0 Å². The molecule has 0 saturated heterocycles. The monoisotopic (exact) mass is 396 g/mol. The van der Waals surface area contributed by atoms with E-state index in [1.54, 1.807) is 26.0 Å². The van der Waals surface area contributed by atoms with Crippen molar-refractivity contribution < 1.29 is 19.2 Å². The highest BCUT2D eigenvalue weighted by atomic mass is 32.2. The predicted octanol–water partition coefficient (Wildman–Crippen LogP) is 2.74. The molecule has 1 N–H and O–H groups in total. The molecule has 0 radical (unpaired) electrons. The molecule has 138 valence electrons. The second-order valence-electron chi connectivity index (χ2n) is 4.97. The van der Waals surface area contributed by atoms with E-state index in [-0.39, 0.29) is 28.4 Å². The van der Waals surface area contributed by atoms with Gasteiger partial charge in [-0.3, -0.25) is 25.0 Å². The second kappa shape index (κ2) is 9.25. The Bertz CT molecular complexity index is 811. The van der Waals surface area contributed by atoms with Gasteiger partial charge >= 0.3 is 5.97 Å².